The van der Waals surface area contributed by atoms with Crippen LogP contribution in [-0.4, -0.2) is 22.4 Å². The van der Waals surface area contributed by atoms with E-state index >= 15 is 0 Å². The van der Waals surface area contributed by atoms with Crippen LogP contribution in [0.3, 0.4) is 0 Å². The van der Waals surface area contributed by atoms with Gasteiger partial charge in [0.25, 0.3) is 0 Å². The lowest BCUT2D eigenvalue weighted by molar-refractivity contribution is -0.109. The quantitative estimate of drug-likeness (QED) is 0.710. The Bertz CT molecular complexity index is 410. The second-order valence-electron chi connectivity index (χ2n) is 9.95. The van der Waals surface area contributed by atoms with Crippen molar-refractivity contribution in [1.82, 2.24) is 0 Å². The lowest BCUT2D eigenvalue weighted by atomic mass is 9.61. The molecule has 0 aromatic heterocycles. The van der Waals surface area contributed by atoms with E-state index < -0.39 is 0 Å². The maximum atomic E-state index is 11.4. The van der Waals surface area contributed by atoms with Crippen LogP contribution in [0.5, 0.6) is 0 Å². The highest BCUT2D eigenvalue weighted by Gasteiger charge is 2.48. The fourth-order valence-electron chi connectivity index (χ4n) is 7.38. The topological polar surface area (TPSA) is 40.5 Å². The SMILES string of the molecule is OC1C2C(CCC[C@@H]1C1CCCCC1)CC[C@H](C1CCCCC1)C2O. The number of aliphatic hydroxyl groups is 2. The molecule has 25 heavy (non-hydrogen) atoms. The molecule has 4 unspecified atom stereocenters. The Morgan fingerprint density at radius 2 is 0.880 bits per heavy atom. The van der Waals surface area contributed by atoms with Crippen LogP contribution in [0.4, 0.5) is 0 Å². The Balaban J connectivity index is 1.49. The lowest BCUT2D eigenvalue weighted by Crippen LogP contribution is -2.49. The van der Waals surface area contributed by atoms with E-state index in [-0.39, 0.29) is 18.1 Å². The van der Waals surface area contributed by atoms with Crippen molar-refractivity contribution in [2.45, 2.75) is 109 Å². The van der Waals surface area contributed by atoms with E-state index in [9.17, 15) is 10.2 Å². The molecule has 0 aromatic rings. The third kappa shape index (κ3) is 3.81. The van der Waals surface area contributed by atoms with Crippen molar-refractivity contribution in [1.29, 1.82) is 0 Å². The summed E-state index contributed by atoms with van der Waals surface area (Å²) in [6.45, 7) is 0. The summed E-state index contributed by atoms with van der Waals surface area (Å²) in [6.07, 6.45) is 19.2. The van der Waals surface area contributed by atoms with Crippen LogP contribution < -0.4 is 0 Å². The molecule has 0 amide bonds. The van der Waals surface area contributed by atoms with Gasteiger partial charge in [-0.25, -0.2) is 0 Å². The monoisotopic (exact) mass is 348 g/mol. The number of hydrogen-bond acceptors (Lipinski definition) is 2. The number of rotatable bonds is 2. The van der Waals surface area contributed by atoms with Crippen molar-refractivity contribution in [3.8, 4) is 0 Å². The molecular weight excluding hydrogens is 308 g/mol. The van der Waals surface area contributed by atoms with Gasteiger partial charge < -0.3 is 10.2 Å². The summed E-state index contributed by atoms with van der Waals surface area (Å²) in [6, 6.07) is 0. The minimum atomic E-state index is -0.239. The van der Waals surface area contributed by atoms with Crippen LogP contribution in [-0.2, 0) is 0 Å². The minimum absolute atomic E-state index is 0.176. The fraction of sp³-hybridized carbons (Fsp3) is 1.00. The van der Waals surface area contributed by atoms with E-state index in [1.54, 1.807) is 0 Å². The highest BCUT2D eigenvalue weighted by molar-refractivity contribution is 4.98. The van der Waals surface area contributed by atoms with Crippen LogP contribution in [0.15, 0.2) is 0 Å². The summed E-state index contributed by atoms with van der Waals surface area (Å²) >= 11 is 0. The molecule has 0 heterocycles. The molecule has 2 N–H and O–H groups in total. The molecule has 4 saturated carbocycles. The van der Waals surface area contributed by atoms with Gasteiger partial charge in [-0.15, -0.1) is 0 Å². The van der Waals surface area contributed by atoms with Gasteiger partial charge >= 0.3 is 0 Å². The van der Waals surface area contributed by atoms with Crippen molar-refractivity contribution in [2.75, 3.05) is 0 Å². The molecule has 0 spiro atoms. The first-order valence-electron chi connectivity index (χ1n) is 11.6. The summed E-state index contributed by atoms with van der Waals surface area (Å²) in [4.78, 5) is 0. The Hall–Kier alpha value is -0.0800. The van der Waals surface area contributed by atoms with Gasteiger partial charge in [-0.05, 0) is 55.3 Å². The molecule has 6 atom stereocenters. The van der Waals surface area contributed by atoms with Crippen molar-refractivity contribution in [3.63, 3.8) is 0 Å². The molecule has 0 aliphatic heterocycles. The molecule has 2 nitrogen and oxygen atoms in total. The predicted octanol–water partition coefficient (Wildman–Crippen LogP) is 5.31. The van der Waals surface area contributed by atoms with E-state index in [0.717, 1.165) is 11.8 Å². The van der Waals surface area contributed by atoms with Crippen LogP contribution in [0.2, 0.25) is 0 Å². The van der Waals surface area contributed by atoms with E-state index in [1.165, 1.54) is 96.3 Å². The average Bonchev–Trinajstić information content (AvgIpc) is 2.83. The lowest BCUT2D eigenvalue weighted by Gasteiger charge is -2.47. The zero-order valence-electron chi connectivity index (χ0n) is 16.1. The van der Waals surface area contributed by atoms with Gasteiger partial charge in [0.15, 0.2) is 0 Å². The molecule has 0 aromatic carbocycles. The van der Waals surface area contributed by atoms with Crippen molar-refractivity contribution in [2.24, 2.45) is 35.5 Å². The first-order chi connectivity index (χ1) is 12.3. The Kier molecular flexibility index (Phi) is 6.07. The minimum Gasteiger partial charge on any atom is -0.392 e. The van der Waals surface area contributed by atoms with Gasteiger partial charge in [-0.2, -0.15) is 0 Å². The molecule has 4 rings (SSSR count). The van der Waals surface area contributed by atoms with Crippen molar-refractivity contribution < 1.29 is 10.2 Å². The summed E-state index contributed by atoms with van der Waals surface area (Å²) < 4.78 is 0. The van der Waals surface area contributed by atoms with Crippen LogP contribution in [0.25, 0.3) is 0 Å². The van der Waals surface area contributed by atoms with E-state index in [1.807, 2.05) is 0 Å². The predicted molar refractivity (Wildman–Crippen MR) is 102 cm³/mol. The molecule has 4 fully saturated rings. The van der Waals surface area contributed by atoms with Gasteiger partial charge in [0.2, 0.25) is 0 Å². The third-order valence-corrected chi connectivity index (χ3v) is 8.70. The number of aliphatic hydroxyl groups excluding tert-OH is 2. The molecule has 2 heteroatoms. The largest absolute Gasteiger partial charge is 0.392 e. The molecule has 0 radical (unpaired) electrons. The second kappa shape index (κ2) is 8.30. The van der Waals surface area contributed by atoms with Gasteiger partial charge in [0.05, 0.1) is 12.2 Å². The van der Waals surface area contributed by atoms with Crippen molar-refractivity contribution >= 4 is 0 Å². The van der Waals surface area contributed by atoms with Gasteiger partial charge in [0, 0.05) is 5.92 Å². The van der Waals surface area contributed by atoms with E-state index in [4.69, 9.17) is 0 Å². The summed E-state index contributed by atoms with van der Waals surface area (Å²) in [5, 5.41) is 22.8. The molecular formula is C23H40O2. The molecule has 4 aliphatic rings. The molecule has 144 valence electrons. The standard InChI is InChI=1S/C23H40O2/c24-22-19(16-8-3-1-4-9-16)13-7-12-18-14-15-20(23(25)21(18)22)17-10-5-2-6-11-17/h16-25H,1-15H2/t18?,19-,20-,21?,22?,23?/m1/s1. The van der Waals surface area contributed by atoms with Crippen LogP contribution in [0.1, 0.15) is 96.3 Å². The zero-order valence-corrected chi connectivity index (χ0v) is 16.1. The Morgan fingerprint density at radius 3 is 1.44 bits per heavy atom. The average molecular weight is 349 g/mol. The number of fused-ring (bicyclic) bond motifs is 1. The summed E-state index contributed by atoms with van der Waals surface area (Å²) in [7, 11) is 0. The number of hydrogen-bond donors (Lipinski definition) is 2. The third-order valence-electron chi connectivity index (χ3n) is 8.70. The molecule has 0 bridgehead atoms. The fourth-order valence-corrected chi connectivity index (χ4v) is 7.38. The van der Waals surface area contributed by atoms with Gasteiger partial charge in [-0.3, -0.25) is 0 Å². The Labute approximate surface area is 154 Å². The van der Waals surface area contributed by atoms with Gasteiger partial charge in [0.1, 0.15) is 0 Å². The zero-order chi connectivity index (χ0) is 17.2. The van der Waals surface area contributed by atoms with Gasteiger partial charge in [-0.1, -0.05) is 70.6 Å². The van der Waals surface area contributed by atoms with E-state index in [2.05, 4.69) is 0 Å². The molecule has 4 aliphatic carbocycles. The van der Waals surface area contributed by atoms with Crippen LogP contribution >= 0.6 is 0 Å². The normalized spacial score (nSPS) is 44.9. The maximum absolute atomic E-state index is 11.4. The smallest absolute Gasteiger partial charge is 0.0626 e. The molecule has 0 saturated heterocycles. The first kappa shape index (κ1) is 18.3. The Morgan fingerprint density at radius 1 is 0.400 bits per heavy atom. The second-order valence-corrected chi connectivity index (χ2v) is 9.95. The first-order valence-corrected chi connectivity index (χ1v) is 11.6. The highest BCUT2D eigenvalue weighted by atomic mass is 16.3. The van der Waals surface area contributed by atoms with E-state index in [0.29, 0.717) is 17.8 Å². The van der Waals surface area contributed by atoms with Crippen LogP contribution in [0, 0.1) is 35.5 Å². The maximum Gasteiger partial charge on any atom is 0.0626 e. The van der Waals surface area contributed by atoms with Crippen molar-refractivity contribution in [3.05, 3.63) is 0 Å². The summed E-state index contributed by atoms with van der Waals surface area (Å²) in [5.74, 6) is 3.16. The summed E-state index contributed by atoms with van der Waals surface area (Å²) in [5.41, 5.74) is 0. The highest BCUT2D eigenvalue weighted by Crippen LogP contribution is 2.50.